The molecular formula is C15H26N2. The molecule has 0 heterocycles. The predicted octanol–water partition coefficient (Wildman–Crippen LogP) is 2.85. The van der Waals surface area contributed by atoms with E-state index in [1.54, 1.807) is 0 Å². The fourth-order valence-corrected chi connectivity index (χ4v) is 2.49. The topological polar surface area (TPSA) is 29.3 Å². The van der Waals surface area contributed by atoms with Crippen LogP contribution in [0.4, 0.5) is 0 Å². The lowest BCUT2D eigenvalue weighted by molar-refractivity contribution is 0.188. The molecule has 2 unspecified atom stereocenters. The second kappa shape index (κ2) is 7.46. The zero-order chi connectivity index (χ0) is 12.7. The molecule has 0 radical (unpaired) electrons. The SMILES string of the molecule is CCCN(CC)C(CN)C(C)c1ccccc1. The minimum Gasteiger partial charge on any atom is -0.329 e. The lowest BCUT2D eigenvalue weighted by atomic mass is 9.92. The zero-order valence-corrected chi connectivity index (χ0v) is 11.4. The number of hydrogen-bond donors (Lipinski definition) is 1. The van der Waals surface area contributed by atoms with Gasteiger partial charge in [-0.1, -0.05) is 51.1 Å². The van der Waals surface area contributed by atoms with Crippen LogP contribution in [0.2, 0.25) is 0 Å². The van der Waals surface area contributed by atoms with Crippen molar-refractivity contribution < 1.29 is 0 Å². The smallest absolute Gasteiger partial charge is 0.0284 e. The Hall–Kier alpha value is -0.860. The molecule has 0 aromatic heterocycles. The molecule has 0 fully saturated rings. The highest BCUT2D eigenvalue weighted by Gasteiger charge is 2.22. The first-order valence-electron chi connectivity index (χ1n) is 6.73. The van der Waals surface area contributed by atoms with Crippen molar-refractivity contribution in [3.63, 3.8) is 0 Å². The highest BCUT2D eigenvalue weighted by atomic mass is 15.2. The Kier molecular flexibility index (Phi) is 6.23. The lowest BCUT2D eigenvalue weighted by Gasteiger charge is -2.34. The summed E-state index contributed by atoms with van der Waals surface area (Å²) in [5.74, 6) is 0.493. The van der Waals surface area contributed by atoms with E-state index in [0.717, 1.165) is 19.6 Å². The standard InChI is InChI=1S/C15H26N2/c1-4-11-17(5-2)15(12-16)13(3)14-9-7-6-8-10-14/h6-10,13,15H,4-5,11-12,16H2,1-3H3. The molecule has 0 saturated heterocycles. The van der Waals surface area contributed by atoms with Crippen LogP contribution in [-0.2, 0) is 0 Å². The number of benzene rings is 1. The monoisotopic (exact) mass is 234 g/mol. The van der Waals surface area contributed by atoms with Gasteiger partial charge in [0.15, 0.2) is 0 Å². The Morgan fingerprint density at radius 3 is 2.29 bits per heavy atom. The molecule has 1 rings (SSSR count). The van der Waals surface area contributed by atoms with E-state index in [1.165, 1.54) is 12.0 Å². The largest absolute Gasteiger partial charge is 0.329 e. The summed E-state index contributed by atoms with van der Waals surface area (Å²) in [6, 6.07) is 11.1. The Bertz CT molecular complexity index is 297. The van der Waals surface area contributed by atoms with Crippen LogP contribution in [0.25, 0.3) is 0 Å². The molecule has 0 aliphatic heterocycles. The quantitative estimate of drug-likeness (QED) is 0.786. The number of likely N-dealkylation sites (N-methyl/N-ethyl adjacent to an activating group) is 1. The van der Waals surface area contributed by atoms with Crippen molar-refractivity contribution in [3.05, 3.63) is 35.9 Å². The van der Waals surface area contributed by atoms with Crippen LogP contribution in [-0.4, -0.2) is 30.6 Å². The van der Waals surface area contributed by atoms with Gasteiger partial charge < -0.3 is 5.73 Å². The van der Waals surface area contributed by atoms with Crippen molar-refractivity contribution in [3.8, 4) is 0 Å². The lowest BCUT2D eigenvalue weighted by Crippen LogP contribution is -2.44. The first-order chi connectivity index (χ1) is 8.24. The van der Waals surface area contributed by atoms with E-state index in [1.807, 2.05) is 0 Å². The third kappa shape index (κ3) is 3.83. The molecular weight excluding hydrogens is 208 g/mol. The first-order valence-corrected chi connectivity index (χ1v) is 6.73. The molecule has 2 atom stereocenters. The van der Waals surface area contributed by atoms with Gasteiger partial charge in [0, 0.05) is 12.6 Å². The van der Waals surface area contributed by atoms with E-state index < -0.39 is 0 Å². The molecule has 0 saturated carbocycles. The fourth-order valence-electron chi connectivity index (χ4n) is 2.49. The van der Waals surface area contributed by atoms with Gasteiger partial charge in [0.05, 0.1) is 0 Å². The molecule has 1 aromatic carbocycles. The van der Waals surface area contributed by atoms with E-state index in [2.05, 4.69) is 56.0 Å². The van der Waals surface area contributed by atoms with Crippen LogP contribution < -0.4 is 5.73 Å². The van der Waals surface area contributed by atoms with Gasteiger partial charge in [0.25, 0.3) is 0 Å². The number of rotatable bonds is 7. The van der Waals surface area contributed by atoms with Gasteiger partial charge >= 0.3 is 0 Å². The predicted molar refractivity (Wildman–Crippen MR) is 75.2 cm³/mol. The molecule has 0 bridgehead atoms. The number of hydrogen-bond acceptors (Lipinski definition) is 2. The molecule has 0 amide bonds. The van der Waals surface area contributed by atoms with Crippen LogP contribution >= 0.6 is 0 Å². The van der Waals surface area contributed by atoms with Crippen molar-refractivity contribution >= 4 is 0 Å². The number of nitrogens with zero attached hydrogens (tertiary/aromatic N) is 1. The van der Waals surface area contributed by atoms with Crippen LogP contribution in [0, 0.1) is 0 Å². The second-order valence-corrected chi connectivity index (χ2v) is 4.63. The van der Waals surface area contributed by atoms with Gasteiger partial charge in [0.1, 0.15) is 0 Å². The Balaban J connectivity index is 2.79. The summed E-state index contributed by atoms with van der Waals surface area (Å²) in [7, 11) is 0. The Labute approximate surface area is 106 Å². The maximum Gasteiger partial charge on any atom is 0.0284 e. The van der Waals surface area contributed by atoms with Crippen LogP contribution in [0.15, 0.2) is 30.3 Å². The fraction of sp³-hybridized carbons (Fsp3) is 0.600. The van der Waals surface area contributed by atoms with Crippen LogP contribution in [0.3, 0.4) is 0 Å². The average molecular weight is 234 g/mol. The summed E-state index contributed by atoms with van der Waals surface area (Å²) in [5, 5.41) is 0. The Morgan fingerprint density at radius 2 is 1.82 bits per heavy atom. The summed E-state index contributed by atoms with van der Waals surface area (Å²) in [4.78, 5) is 2.50. The minimum atomic E-state index is 0.447. The maximum absolute atomic E-state index is 5.98. The van der Waals surface area contributed by atoms with Crippen molar-refractivity contribution in [2.75, 3.05) is 19.6 Å². The molecule has 0 spiro atoms. The highest BCUT2D eigenvalue weighted by molar-refractivity contribution is 5.20. The Morgan fingerprint density at radius 1 is 1.18 bits per heavy atom. The molecule has 96 valence electrons. The van der Waals surface area contributed by atoms with Gasteiger partial charge in [-0.3, -0.25) is 4.90 Å². The first kappa shape index (κ1) is 14.2. The molecule has 0 aliphatic carbocycles. The summed E-state index contributed by atoms with van der Waals surface area (Å²) >= 11 is 0. The van der Waals surface area contributed by atoms with Gasteiger partial charge in [-0.2, -0.15) is 0 Å². The van der Waals surface area contributed by atoms with Gasteiger partial charge in [-0.25, -0.2) is 0 Å². The summed E-state index contributed by atoms with van der Waals surface area (Å²) < 4.78 is 0. The molecule has 2 N–H and O–H groups in total. The molecule has 1 aromatic rings. The van der Waals surface area contributed by atoms with Crippen molar-refractivity contribution in [1.82, 2.24) is 4.90 Å². The molecule has 17 heavy (non-hydrogen) atoms. The third-order valence-corrected chi connectivity index (χ3v) is 3.53. The summed E-state index contributed by atoms with van der Waals surface area (Å²) in [6.07, 6.45) is 1.19. The zero-order valence-electron chi connectivity index (χ0n) is 11.4. The van der Waals surface area contributed by atoms with Crippen molar-refractivity contribution in [1.29, 1.82) is 0 Å². The molecule has 2 nitrogen and oxygen atoms in total. The van der Waals surface area contributed by atoms with Crippen LogP contribution in [0.5, 0.6) is 0 Å². The van der Waals surface area contributed by atoms with Crippen molar-refractivity contribution in [2.24, 2.45) is 5.73 Å². The molecule has 0 aliphatic rings. The van der Waals surface area contributed by atoms with Gasteiger partial charge in [-0.15, -0.1) is 0 Å². The summed E-state index contributed by atoms with van der Waals surface area (Å²) in [5.41, 5.74) is 7.36. The van der Waals surface area contributed by atoms with Gasteiger partial charge in [-0.05, 0) is 31.0 Å². The van der Waals surface area contributed by atoms with E-state index >= 15 is 0 Å². The van der Waals surface area contributed by atoms with E-state index in [-0.39, 0.29) is 0 Å². The van der Waals surface area contributed by atoms with E-state index in [4.69, 9.17) is 5.73 Å². The van der Waals surface area contributed by atoms with Crippen molar-refractivity contribution in [2.45, 2.75) is 39.2 Å². The highest BCUT2D eigenvalue weighted by Crippen LogP contribution is 2.22. The second-order valence-electron chi connectivity index (χ2n) is 4.63. The van der Waals surface area contributed by atoms with E-state index in [0.29, 0.717) is 12.0 Å². The minimum absolute atomic E-state index is 0.447. The maximum atomic E-state index is 5.98. The normalized spacial score (nSPS) is 14.9. The average Bonchev–Trinajstić information content (AvgIpc) is 2.39. The third-order valence-electron chi connectivity index (χ3n) is 3.53. The van der Waals surface area contributed by atoms with Crippen LogP contribution in [0.1, 0.15) is 38.7 Å². The number of nitrogens with two attached hydrogens (primary N) is 1. The van der Waals surface area contributed by atoms with Gasteiger partial charge in [0.2, 0.25) is 0 Å². The van der Waals surface area contributed by atoms with E-state index in [9.17, 15) is 0 Å². The molecule has 2 heteroatoms. The summed E-state index contributed by atoms with van der Waals surface area (Å²) in [6.45, 7) is 9.66.